The van der Waals surface area contributed by atoms with Gasteiger partial charge in [-0.1, -0.05) is 83.9 Å². The molecule has 0 bridgehead atoms. The van der Waals surface area contributed by atoms with Gasteiger partial charge in [0.1, 0.15) is 15.9 Å². The molecule has 0 aliphatic heterocycles. The van der Waals surface area contributed by atoms with Crippen LogP contribution in [0.2, 0.25) is 10.0 Å². The Bertz CT molecular complexity index is 2140. The lowest BCUT2D eigenvalue weighted by Gasteiger charge is -2.18. The summed E-state index contributed by atoms with van der Waals surface area (Å²) in [7, 11) is 1.34. The van der Waals surface area contributed by atoms with Gasteiger partial charge in [-0.25, -0.2) is 4.79 Å². The quantitative estimate of drug-likeness (QED) is 0.0701. The van der Waals surface area contributed by atoms with Gasteiger partial charge in [-0.3, -0.25) is 14.4 Å². The van der Waals surface area contributed by atoms with E-state index in [9.17, 15) is 19.2 Å². The second-order valence-corrected chi connectivity index (χ2v) is 14.9. The maximum Gasteiger partial charge on any atom is 0.341 e. The number of halogens is 2. The predicted octanol–water partition coefficient (Wildman–Crippen LogP) is 9.60. The Morgan fingerprint density at radius 2 is 1.50 bits per heavy atom. The van der Waals surface area contributed by atoms with Gasteiger partial charge in [-0.05, 0) is 85.4 Å². The van der Waals surface area contributed by atoms with E-state index in [1.54, 1.807) is 66.7 Å². The van der Waals surface area contributed by atoms with Crippen LogP contribution < -0.4 is 16.0 Å². The summed E-state index contributed by atoms with van der Waals surface area (Å²) < 4.78 is 5.11. The van der Waals surface area contributed by atoms with Crippen LogP contribution in [0.4, 0.5) is 10.7 Å². The summed E-state index contributed by atoms with van der Waals surface area (Å²) in [6.07, 6.45) is 5.05. The maximum atomic E-state index is 14.1. The van der Waals surface area contributed by atoms with Crippen molar-refractivity contribution in [3.05, 3.63) is 152 Å². The standard InChI is InChI=1S/C40H33Cl2N3O5S2/c1-50-40(49)34-28-18-8-9-21-33(28)52-39(34)45-38(48)35(24-12-4-2-5-13-24)51-27-17-10-16-26(22-27)43-37(47)32(23-29-30(41)19-11-20-31(29)42)44-36(46)25-14-6-3-7-15-25/h2-7,10-17,19-20,22-23,35H,8-9,18,21H2,1H3,(H,43,47)(H,44,46)(H,45,48)/b32-23+. The van der Waals surface area contributed by atoms with Gasteiger partial charge in [0.05, 0.1) is 12.7 Å². The van der Waals surface area contributed by atoms with Gasteiger partial charge in [0, 0.05) is 36.6 Å². The van der Waals surface area contributed by atoms with E-state index in [1.807, 2.05) is 36.4 Å². The molecule has 0 saturated carbocycles. The van der Waals surface area contributed by atoms with E-state index in [0.717, 1.165) is 41.7 Å². The van der Waals surface area contributed by atoms with Crippen LogP contribution >= 0.6 is 46.3 Å². The number of nitrogens with one attached hydrogen (secondary N) is 3. The van der Waals surface area contributed by atoms with E-state index < -0.39 is 23.0 Å². The molecule has 3 N–H and O–H groups in total. The molecule has 4 aromatic carbocycles. The molecule has 264 valence electrons. The van der Waals surface area contributed by atoms with Gasteiger partial charge in [-0.2, -0.15) is 0 Å². The molecule has 0 radical (unpaired) electrons. The number of esters is 1. The van der Waals surface area contributed by atoms with Crippen LogP contribution in [-0.4, -0.2) is 30.8 Å². The van der Waals surface area contributed by atoms with E-state index in [2.05, 4.69) is 16.0 Å². The van der Waals surface area contributed by atoms with Crippen LogP contribution in [0.15, 0.2) is 114 Å². The number of aryl methyl sites for hydroxylation is 1. The van der Waals surface area contributed by atoms with Gasteiger partial charge in [0.25, 0.3) is 11.8 Å². The van der Waals surface area contributed by atoms with Crippen molar-refractivity contribution in [2.24, 2.45) is 0 Å². The highest BCUT2D eigenvalue weighted by Crippen LogP contribution is 2.41. The fourth-order valence-electron chi connectivity index (χ4n) is 5.77. The molecule has 1 atom stereocenters. The molecule has 1 aliphatic carbocycles. The molecule has 1 aliphatic rings. The Morgan fingerprint density at radius 3 is 2.21 bits per heavy atom. The molecule has 0 fully saturated rings. The molecule has 0 spiro atoms. The third-order valence-electron chi connectivity index (χ3n) is 8.30. The number of benzene rings is 4. The number of fused-ring (bicyclic) bond motifs is 1. The zero-order valence-electron chi connectivity index (χ0n) is 27.9. The highest BCUT2D eigenvalue weighted by atomic mass is 35.5. The third-order valence-corrected chi connectivity index (χ3v) is 11.4. The van der Waals surface area contributed by atoms with Crippen LogP contribution in [0.25, 0.3) is 6.08 Å². The van der Waals surface area contributed by atoms with E-state index in [4.69, 9.17) is 27.9 Å². The number of hydrogen-bond donors (Lipinski definition) is 3. The Hall–Kier alpha value is -4.87. The molecule has 3 amide bonds. The van der Waals surface area contributed by atoms with Crippen molar-refractivity contribution in [2.45, 2.75) is 35.8 Å². The molecular formula is C40H33Cl2N3O5S2. The first-order valence-electron chi connectivity index (χ1n) is 16.4. The molecule has 0 saturated heterocycles. The largest absolute Gasteiger partial charge is 0.465 e. The number of ether oxygens (including phenoxy) is 1. The van der Waals surface area contributed by atoms with E-state index >= 15 is 0 Å². The van der Waals surface area contributed by atoms with Gasteiger partial charge in [0.15, 0.2) is 0 Å². The smallest absolute Gasteiger partial charge is 0.341 e. The summed E-state index contributed by atoms with van der Waals surface area (Å²) in [6.45, 7) is 0. The number of anilines is 2. The Labute approximate surface area is 319 Å². The average Bonchev–Trinajstić information content (AvgIpc) is 3.53. The predicted molar refractivity (Wildman–Crippen MR) is 209 cm³/mol. The van der Waals surface area contributed by atoms with Gasteiger partial charge in [0.2, 0.25) is 5.91 Å². The minimum atomic E-state index is -0.709. The molecule has 5 aromatic rings. The zero-order chi connectivity index (χ0) is 36.6. The van der Waals surface area contributed by atoms with E-state index in [1.165, 1.54) is 36.3 Å². The van der Waals surface area contributed by atoms with Gasteiger partial charge >= 0.3 is 5.97 Å². The summed E-state index contributed by atoms with van der Waals surface area (Å²) in [6, 6.07) is 29.8. The van der Waals surface area contributed by atoms with Gasteiger partial charge < -0.3 is 20.7 Å². The first kappa shape index (κ1) is 36.9. The number of carbonyl (C=O) groups is 4. The molecule has 6 rings (SSSR count). The van der Waals surface area contributed by atoms with Crippen LogP contribution in [0, 0.1) is 0 Å². The van der Waals surface area contributed by atoms with Crippen molar-refractivity contribution in [1.29, 1.82) is 0 Å². The van der Waals surface area contributed by atoms with Crippen molar-refractivity contribution in [3.8, 4) is 0 Å². The van der Waals surface area contributed by atoms with Crippen molar-refractivity contribution in [1.82, 2.24) is 5.32 Å². The summed E-state index contributed by atoms with van der Waals surface area (Å²) in [4.78, 5) is 55.7. The Kier molecular flexibility index (Phi) is 12.1. The SMILES string of the molecule is COC(=O)c1c(NC(=O)C(Sc2cccc(NC(=O)/C(=C\c3c(Cl)cccc3Cl)NC(=O)c3ccccc3)c2)c2ccccc2)sc2c1CCCC2. The highest BCUT2D eigenvalue weighted by Gasteiger charge is 2.30. The Morgan fingerprint density at radius 1 is 0.827 bits per heavy atom. The van der Waals surface area contributed by atoms with E-state index in [-0.39, 0.29) is 11.6 Å². The first-order valence-corrected chi connectivity index (χ1v) is 18.9. The fraction of sp³-hybridized carbons (Fsp3) is 0.150. The number of rotatable bonds is 11. The summed E-state index contributed by atoms with van der Waals surface area (Å²) in [5.74, 6) is -1.88. The molecule has 1 unspecified atom stereocenters. The number of amides is 3. The van der Waals surface area contributed by atoms with Crippen molar-refractivity contribution >= 4 is 86.8 Å². The van der Waals surface area contributed by atoms with Crippen LogP contribution in [0.5, 0.6) is 0 Å². The topological polar surface area (TPSA) is 114 Å². The van der Waals surface area contributed by atoms with Crippen LogP contribution in [0.3, 0.4) is 0 Å². The summed E-state index contributed by atoms with van der Waals surface area (Å²) >= 11 is 15.6. The minimum absolute atomic E-state index is 0.0801. The molecule has 1 heterocycles. The van der Waals surface area contributed by atoms with Crippen LogP contribution in [-0.2, 0) is 27.2 Å². The second-order valence-electron chi connectivity index (χ2n) is 11.8. The first-order chi connectivity index (χ1) is 25.2. The number of thiophene rings is 1. The molecular weight excluding hydrogens is 737 g/mol. The number of thioether (sulfide) groups is 1. The summed E-state index contributed by atoms with van der Waals surface area (Å²) in [5, 5.41) is 8.99. The van der Waals surface area contributed by atoms with Crippen molar-refractivity contribution in [3.63, 3.8) is 0 Å². The zero-order valence-corrected chi connectivity index (χ0v) is 31.1. The van der Waals surface area contributed by atoms with Crippen molar-refractivity contribution in [2.75, 3.05) is 17.7 Å². The van der Waals surface area contributed by atoms with Crippen LogP contribution in [0.1, 0.15) is 60.4 Å². The number of methoxy groups -OCH3 is 1. The Balaban J connectivity index is 1.26. The van der Waals surface area contributed by atoms with E-state index in [0.29, 0.717) is 42.3 Å². The monoisotopic (exact) mass is 769 g/mol. The number of carbonyl (C=O) groups excluding carboxylic acids is 4. The number of hydrogen-bond acceptors (Lipinski definition) is 7. The fourth-order valence-corrected chi connectivity index (χ4v) is 8.64. The molecule has 52 heavy (non-hydrogen) atoms. The molecule has 12 heteroatoms. The maximum absolute atomic E-state index is 14.1. The lowest BCUT2D eigenvalue weighted by atomic mass is 9.95. The highest BCUT2D eigenvalue weighted by molar-refractivity contribution is 8.00. The van der Waals surface area contributed by atoms with Gasteiger partial charge in [-0.15, -0.1) is 23.1 Å². The average molecular weight is 771 g/mol. The lowest BCUT2D eigenvalue weighted by Crippen LogP contribution is -2.30. The minimum Gasteiger partial charge on any atom is -0.465 e. The lowest BCUT2D eigenvalue weighted by molar-refractivity contribution is -0.116. The molecule has 8 nitrogen and oxygen atoms in total. The third kappa shape index (κ3) is 8.77. The van der Waals surface area contributed by atoms with Crippen molar-refractivity contribution < 1.29 is 23.9 Å². The second kappa shape index (κ2) is 17.1. The summed E-state index contributed by atoms with van der Waals surface area (Å²) in [5.41, 5.74) is 3.21. The normalized spacial score (nSPS) is 13.0. The molecule has 1 aromatic heterocycles.